The van der Waals surface area contributed by atoms with Crippen LogP contribution in [0.2, 0.25) is 0 Å². The van der Waals surface area contributed by atoms with E-state index in [1.807, 2.05) is 0 Å². The number of amides is 1. The van der Waals surface area contributed by atoms with Gasteiger partial charge in [-0.05, 0) is 6.92 Å². The highest BCUT2D eigenvalue weighted by atomic mass is 16.5. The predicted molar refractivity (Wildman–Crippen MR) is 39.0 cm³/mol. The normalized spacial score (nSPS) is 20.5. The van der Waals surface area contributed by atoms with Gasteiger partial charge in [-0.3, -0.25) is 4.79 Å². The summed E-state index contributed by atoms with van der Waals surface area (Å²) in [5, 5.41) is 11.3. The van der Waals surface area contributed by atoms with E-state index in [9.17, 15) is 4.79 Å². The van der Waals surface area contributed by atoms with Crippen molar-refractivity contribution in [1.82, 2.24) is 5.32 Å². The average molecular weight is 159 g/mol. The first-order valence-electron chi connectivity index (χ1n) is 3.73. The van der Waals surface area contributed by atoms with Crippen LogP contribution in [0.4, 0.5) is 0 Å². The number of carbonyl (C=O) groups is 1. The Morgan fingerprint density at radius 1 is 1.82 bits per heavy atom. The van der Waals surface area contributed by atoms with E-state index < -0.39 is 0 Å². The van der Waals surface area contributed by atoms with Crippen LogP contribution < -0.4 is 5.32 Å². The minimum atomic E-state index is -0.150. The van der Waals surface area contributed by atoms with Gasteiger partial charge in [0.2, 0.25) is 5.91 Å². The zero-order valence-electron chi connectivity index (χ0n) is 6.54. The second-order valence-electron chi connectivity index (χ2n) is 2.83. The van der Waals surface area contributed by atoms with Crippen molar-refractivity contribution in [2.75, 3.05) is 19.8 Å². The zero-order chi connectivity index (χ0) is 8.27. The van der Waals surface area contributed by atoms with E-state index >= 15 is 0 Å². The summed E-state index contributed by atoms with van der Waals surface area (Å²) >= 11 is 0. The third kappa shape index (κ3) is 2.17. The molecular weight excluding hydrogens is 146 g/mol. The van der Waals surface area contributed by atoms with E-state index in [1.54, 1.807) is 6.92 Å². The first kappa shape index (κ1) is 8.49. The molecule has 4 nitrogen and oxygen atoms in total. The summed E-state index contributed by atoms with van der Waals surface area (Å²) in [6.07, 6.45) is 0. The second-order valence-corrected chi connectivity index (χ2v) is 2.83. The smallest absolute Gasteiger partial charge is 0.228 e. The van der Waals surface area contributed by atoms with Crippen LogP contribution in [0.3, 0.4) is 0 Å². The molecule has 1 atom stereocenters. The fraction of sp³-hybridized carbons (Fsp3) is 0.857. The molecule has 1 aliphatic rings. The number of aliphatic hydroxyl groups is 1. The van der Waals surface area contributed by atoms with Crippen LogP contribution in [-0.4, -0.2) is 36.9 Å². The van der Waals surface area contributed by atoms with Gasteiger partial charge in [-0.2, -0.15) is 0 Å². The summed E-state index contributed by atoms with van der Waals surface area (Å²) < 4.78 is 4.85. The maximum Gasteiger partial charge on any atom is 0.228 e. The van der Waals surface area contributed by atoms with Gasteiger partial charge in [-0.1, -0.05) is 0 Å². The predicted octanol–water partition coefficient (Wildman–Crippen LogP) is -0.870. The second kappa shape index (κ2) is 3.69. The number of rotatable bonds is 3. The van der Waals surface area contributed by atoms with E-state index in [0.29, 0.717) is 13.2 Å². The Morgan fingerprint density at radius 3 is 2.82 bits per heavy atom. The number of hydrogen-bond acceptors (Lipinski definition) is 3. The molecule has 11 heavy (non-hydrogen) atoms. The molecule has 0 radical (unpaired) electrons. The quantitative estimate of drug-likeness (QED) is 0.562. The number of hydrogen-bond donors (Lipinski definition) is 2. The van der Waals surface area contributed by atoms with Crippen molar-refractivity contribution in [2.24, 2.45) is 5.92 Å². The Balaban J connectivity index is 2.19. The van der Waals surface area contributed by atoms with Crippen molar-refractivity contribution in [3.8, 4) is 0 Å². The average Bonchev–Trinajstić information content (AvgIpc) is 1.83. The molecule has 0 aromatic rings. The number of ether oxygens (including phenoxy) is 1. The highest BCUT2D eigenvalue weighted by Crippen LogP contribution is 2.09. The SMILES string of the molecule is CC(CO)NC(=O)C1COC1. The standard InChI is InChI=1S/C7H13NO3/c1-5(2-9)8-7(10)6-3-11-4-6/h5-6,9H,2-4H2,1H3,(H,8,10). The van der Waals surface area contributed by atoms with Crippen LogP contribution in [0.1, 0.15) is 6.92 Å². The summed E-state index contributed by atoms with van der Waals surface area (Å²) in [7, 11) is 0. The number of carbonyl (C=O) groups excluding carboxylic acids is 1. The van der Waals surface area contributed by atoms with Crippen LogP contribution in [0.25, 0.3) is 0 Å². The molecule has 0 bridgehead atoms. The van der Waals surface area contributed by atoms with Gasteiger partial charge in [0.15, 0.2) is 0 Å². The van der Waals surface area contributed by atoms with Crippen LogP contribution in [0, 0.1) is 5.92 Å². The fourth-order valence-corrected chi connectivity index (χ4v) is 0.793. The van der Waals surface area contributed by atoms with Gasteiger partial charge >= 0.3 is 0 Å². The van der Waals surface area contributed by atoms with Crippen molar-refractivity contribution < 1.29 is 14.6 Å². The van der Waals surface area contributed by atoms with Crippen LogP contribution in [-0.2, 0) is 9.53 Å². The zero-order valence-corrected chi connectivity index (χ0v) is 6.54. The van der Waals surface area contributed by atoms with Crippen molar-refractivity contribution in [1.29, 1.82) is 0 Å². The summed E-state index contributed by atoms with van der Waals surface area (Å²) in [6.45, 7) is 2.78. The van der Waals surface area contributed by atoms with Gasteiger partial charge in [-0.25, -0.2) is 0 Å². The van der Waals surface area contributed by atoms with Crippen LogP contribution >= 0.6 is 0 Å². The lowest BCUT2D eigenvalue weighted by molar-refractivity contribution is -0.139. The largest absolute Gasteiger partial charge is 0.394 e. The van der Waals surface area contributed by atoms with Gasteiger partial charge in [0, 0.05) is 6.04 Å². The topological polar surface area (TPSA) is 58.6 Å². The molecule has 4 heteroatoms. The summed E-state index contributed by atoms with van der Waals surface area (Å²) in [5.41, 5.74) is 0. The third-order valence-electron chi connectivity index (χ3n) is 1.67. The highest BCUT2D eigenvalue weighted by Gasteiger charge is 2.26. The fourth-order valence-electron chi connectivity index (χ4n) is 0.793. The molecule has 1 unspecified atom stereocenters. The minimum absolute atomic E-state index is 0.00370. The van der Waals surface area contributed by atoms with Gasteiger partial charge in [0.05, 0.1) is 25.7 Å². The minimum Gasteiger partial charge on any atom is -0.394 e. The highest BCUT2D eigenvalue weighted by molar-refractivity contribution is 5.79. The lowest BCUT2D eigenvalue weighted by Gasteiger charge is -2.25. The van der Waals surface area contributed by atoms with Crippen LogP contribution in [0.15, 0.2) is 0 Å². The summed E-state index contributed by atoms with van der Waals surface area (Å²) in [5.74, 6) is -0.0122. The van der Waals surface area contributed by atoms with E-state index in [1.165, 1.54) is 0 Å². The lowest BCUT2D eigenvalue weighted by Crippen LogP contribution is -2.46. The Hall–Kier alpha value is -0.610. The molecule has 1 saturated heterocycles. The van der Waals surface area contributed by atoms with E-state index in [2.05, 4.69) is 5.32 Å². The molecule has 1 heterocycles. The van der Waals surface area contributed by atoms with E-state index in [-0.39, 0.29) is 24.5 Å². The molecular formula is C7H13NO3. The molecule has 1 rings (SSSR count). The summed E-state index contributed by atoms with van der Waals surface area (Å²) in [6, 6.07) is -0.150. The Kier molecular flexibility index (Phi) is 2.84. The molecule has 1 fully saturated rings. The Labute approximate surface area is 65.5 Å². The molecule has 2 N–H and O–H groups in total. The molecule has 1 aliphatic heterocycles. The molecule has 0 spiro atoms. The van der Waals surface area contributed by atoms with Gasteiger partial charge < -0.3 is 15.2 Å². The number of nitrogens with one attached hydrogen (secondary N) is 1. The monoisotopic (exact) mass is 159 g/mol. The lowest BCUT2D eigenvalue weighted by atomic mass is 10.1. The molecule has 0 aromatic carbocycles. The summed E-state index contributed by atoms with van der Waals surface area (Å²) in [4.78, 5) is 11.1. The van der Waals surface area contributed by atoms with Crippen molar-refractivity contribution >= 4 is 5.91 Å². The van der Waals surface area contributed by atoms with Gasteiger partial charge in [-0.15, -0.1) is 0 Å². The number of aliphatic hydroxyl groups excluding tert-OH is 1. The molecule has 0 aliphatic carbocycles. The molecule has 64 valence electrons. The maximum atomic E-state index is 11.1. The molecule has 0 saturated carbocycles. The first-order chi connectivity index (χ1) is 5.24. The Bertz CT molecular complexity index is 145. The van der Waals surface area contributed by atoms with E-state index in [0.717, 1.165) is 0 Å². The molecule has 1 amide bonds. The van der Waals surface area contributed by atoms with Gasteiger partial charge in [0.1, 0.15) is 0 Å². The first-order valence-corrected chi connectivity index (χ1v) is 3.73. The van der Waals surface area contributed by atoms with Crippen molar-refractivity contribution in [3.63, 3.8) is 0 Å². The molecule has 0 aromatic heterocycles. The van der Waals surface area contributed by atoms with Crippen molar-refractivity contribution in [3.05, 3.63) is 0 Å². The third-order valence-corrected chi connectivity index (χ3v) is 1.67. The van der Waals surface area contributed by atoms with Crippen LogP contribution in [0.5, 0.6) is 0 Å². The Morgan fingerprint density at radius 2 is 2.45 bits per heavy atom. The van der Waals surface area contributed by atoms with E-state index in [4.69, 9.17) is 9.84 Å². The maximum absolute atomic E-state index is 11.1. The van der Waals surface area contributed by atoms with Gasteiger partial charge in [0.25, 0.3) is 0 Å². The van der Waals surface area contributed by atoms with Crippen molar-refractivity contribution in [2.45, 2.75) is 13.0 Å².